The van der Waals surface area contributed by atoms with Crippen molar-refractivity contribution in [2.75, 3.05) is 6.54 Å². The number of carbonyl (C=O) groups is 4. The van der Waals surface area contributed by atoms with Gasteiger partial charge in [0.2, 0.25) is 17.6 Å². The second-order valence-electron chi connectivity index (χ2n) is 14.5. The van der Waals surface area contributed by atoms with Crippen LogP contribution in [0.1, 0.15) is 82.9 Å². The highest BCUT2D eigenvalue weighted by molar-refractivity contribution is 5.96. The molecular weight excluding hydrogens is 650 g/mol. The first kappa shape index (κ1) is 35.5. The monoisotopic (exact) mass is 695 g/mol. The molecular formula is C38H45N7O6. The number of benzene rings is 2. The minimum atomic E-state index is -1.44. The predicted molar refractivity (Wildman–Crippen MR) is 190 cm³/mol. The van der Waals surface area contributed by atoms with Crippen molar-refractivity contribution in [3.8, 4) is 11.4 Å². The fourth-order valence-corrected chi connectivity index (χ4v) is 6.73. The second-order valence-corrected chi connectivity index (χ2v) is 14.5. The maximum absolute atomic E-state index is 14.3. The Morgan fingerprint density at radius 3 is 2.57 bits per heavy atom. The van der Waals surface area contributed by atoms with Crippen LogP contribution in [0.4, 0.5) is 4.79 Å². The highest BCUT2D eigenvalue weighted by atomic mass is 16.6. The number of rotatable bonds is 6. The van der Waals surface area contributed by atoms with Crippen molar-refractivity contribution in [3.05, 3.63) is 77.9 Å². The second kappa shape index (κ2) is 14.9. The lowest BCUT2D eigenvalue weighted by atomic mass is 10.0. The maximum atomic E-state index is 14.3. The summed E-state index contributed by atoms with van der Waals surface area (Å²) in [5, 5.41) is 29.0. The zero-order valence-corrected chi connectivity index (χ0v) is 29.2. The summed E-state index contributed by atoms with van der Waals surface area (Å²) in [6.07, 6.45) is 10.9. The van der Waals surface area contributed by atoms with E-state index in [0.717, 1.165) is 36.0 Å². The molecule has 0 radical (unpaired) electrons. The number of hydrogen-bond donors (Lipinski definition) is 3. The number of hydrogen-bond acceptors (Lipinski definition) is 8. The lowest BCUT2D eigenvalue weighted by Gasteiger charge is -2.30. The van der Waals surface area contributed by atoms with E-state index in [2.05, 4.69) is 26.0 Å². The van der Waals surface area contributed by atoms with E-state index >= 15 is 0 Å². The van der Waals surface area contributed by atoms with Crippen molar-refractivity contribution in [2.24, 2.45) is 5.92 Å². The molecule has 1 aliphatic carbocycles. The maximum Gasteiger partial charge on any atom is 0.408 e. The summed E-state index contributed by atoms with van der Waals surface area (Å²) in [5.41, 5.74) is 0.552. The van der Waals surface area contributed by atoms with Crippen LogP contribution in [0.5, 0.6) is 0 Å². The zero-order valence-electron chi connectivity index (χ0n) is 29.2. The van der Waals surface area contributed by atoms with Gasteiger partial charge in [-0.2, -0.15) is 4.80 Å². The molecule has 0 bridgehead atoms. The van der Waals surface area contributed by atoms with Gasteiger partial charge in [-0.3, -0.25) is 9.59 Å². The fraction of sp³-hybridized carbons (Fsp3) is 0.447. The molecule has 3 aliphatic rings. The van der Waals surface area contributed by atoms with Crippen molar-refractivity contribution in [1.29, 1.82) is 0 Å². The van der Waals surface area contributed by atoms with Crippen LogP contribution in [0.3, 0.4) is 0 Å². The number of amides is 3. The van der Waals surface area contributed by atoms with E-state index in [0.29, 0.717) is 18.7 Å². The van der Waals surface area contributed by atoms with Gasteiger partial charge >= 0.3 is 12.1 Å². The van der Waals surface area contributed by atoms with Crippen LogP contribution in [0.15, 0.2) is 66.7 Å². The molecule has 13 nitrogen and oxygen atoms in total. The first-order valence-electron chi connectivity index (χ1n) is 17.6. The van der Waals surface area contributed by atoms with Gasteiger partial charge in [-0.25, -0.2) is 9.59 Å². The summed E-state index contributed by atoms with van der Waals surface area (Å²) >= 11 is 0. The molecule has 1 aromatic heterocycles. The molecule has 268 valence electrons. The van der Waals surface area contributed by atoms with Gasteiger partial charge in [-0.15, -0.1) is 10.2 Å². The van der Waals surface area contributed by atoms with Gasteiger partial charge in [0.1, 0.15) is 23.2 Å². The SMILES string of the molecule is CC(C)(C)OC(=O)N[C@@H]1CCCCC/C=C\[C@@H]2C[C@]2(C(=O)O)NC(=O)[C@@H]2C[C@@H](n3nnc(-c4cccc(/C=C/c5ccccc5)c4)n3)CN2C1=O. The number of ether oxygens (including phenoxy) is 1. The van der Waals surface area contributed by atoms with Gasteiger partial charge in [0, 0.05) is 24.4 Å². The van der Waals surface area contributed by atoms with Crippen molar-refractivity contribution in [2.45, 2.75) is 95.0 Å². The molecule has 13 heteroatoms. The molecule has 3 N–H and O–H groups in total. The summed E-state index contributed by atoms with van der Waals surface area (Å²) in [5.74, 6) is -2.10. The third-order valence-corrected chi connectivity index (χ3v) is 9.50. The number of carboxylic acid groups (broad SMARTS) is 1. The Balaban J connectivity index is 1.26. The lowest BCUT2D eigenvalue weighted by Crippen LogP contribution is -2.56. The van der Waals surface area contributed by atoms with E-state index in [1.54, 1.807) is 20.8 Å². The van der Waals surface area contributed by atoms with Crippen LogP contribution >= 0.6 is 0 Å². The minimum absolute atomic E-state index is 0.0580. The number of aromatic nitrogens is 4. The van der Waals surface area contributed by atoms with Gasteiger partial charge in [0.25, 0.3) is 0 Å². The minimum Gasteiger partial charge on any atom is -0.479 e. The molecule has 5 atom stereocenters. The quantitative estimate of drug-likeness (QED) is 0.237. The molecule has 6 rings (SSSR count). The molecule has 3 amide bonds. The van der Waals surface area contributed by atoms with E-state index in [-0.39, 0.29) is 25.3 Å². The Morgan fingerprint density at radius 2 is 1.80 bits per heavy atom. The topological polar surface area (TPSA) is 169 Å². The Bertz CT molecular complexity index is 1820. The van der Waals surface area contributed by atoms with Crippen molar-refractivity contribution >= 4 is 36.0 Å². The fourth-order valence-electron chi connectivity index (χ4n) is 6.73. The summed E-state index contributed by atoms with van der Waals surface area (Å²) in [6, 6.07) is 15.2. The Morgan fingerprint density at radius 1 is 1.04 bits per heavy atom. The Hall–Kier alpha value is -5.33. The van der Waals surface area contributed by atoms with Crippen molar-refractivity contribution < 1.29 is 29.0 Å². The first-order valence-corrected chi connectivity index (χ1v) is 17.6. The molecule has 2 aromatic carbocycles. The standard InChI is InChI=1S/C38H45N7O6/c1-37(2,3)51-36(50)39-30-18-11-6-4-5-10-17-28-23-38(28,35(48)49)40-33(46)31-22-29(24-44(31)34(30)47)45-42-32(41-43-45)27-16-12-15-26(21-27)20-19-25-13-8-7-9-14-25/h7-10,12-17,19-21,28-31H,4-6,11,18,22-24H2,1-3H3,(H,39,50)(H,40,46)(H,48,49)/b17-10-,20-19+/t28-,29-,30-,31+,38+/m1/s1. The molecule has 0 unspecified atom stereocenters. The van der Waals surface area contributed by atoms with Gasteiger partial charge in [-0.1, -0.05) is 85.7 Å². The zero-order chi connectivity index (χ0) is 36.2. The first-order chi connectivity index (χ1) is 24.4. The van der Waals surface area contributed by atoms with Crippen molar-refractivity contribution in [1.82, 2.24) is 35.7 Å². The smallest absolute Gasteiger partial charge is 0.408 e. The number of carboxylic acids is 1. The van der Waals surface area contributed by atoms with Gasteiger partial charge in [0.15, 0.2) is 0 Å². The van der Waals surface area contributed by atoms with Crippen LogP contribution in [-0.2, 0) is 19.1 Å². The number of carbonyl (C=O) groups excluding carboxylic acids is 3. The molecule has 2 aliphatic heterocycles. The van der Waals surface area contributed by atoms with Gasteiger partial charge < -0.3 is 25.4 Å². The van der Waals surface area contributed by atoms with E-state index in [1.807, 2.05) is 78.9 Å². The van der Waals surface area contributed by atoms with Gasteiger partial charge in [0.05, 0.1) is 6.04 Å². The third kappa shape index (κ3) is 8.53. The predicted octanol–water partition coefficient (Wildman–Crippen LogP) is 5.03. The van der Waals surface area contributed by atoms with E-state index in [1.165, 1.54) is 9.70 Å². The number of nitrogens with zero attached hydrogens (tertiary/aromatic N) is 5. The normalized spacial score (nSPS) is 26.3. The number of alkyl carbamates (subject to hydrolysis) is 1. The molecule has 3 heterocycles. The largest absolute Gasteiger partial charge is 0.479 e. The highest BCUT2D eigenvalue weighted by Gasteiger charge is 2.61. The molecule has 1 saturated heterocycles. The lowest BCUT2D eigenvalue weighted by molar-refractivity contribution is -0.145. The Labute approximate surface area is 297 Å². The number of nitrogens with one attached hydrogen (secondary N) is 2. The average Bonchev–Trinajstić information content (AvgIpc) is 3.39. The molecule has 2 fully saturated rings. The van der Waals surface area contributed by atoms with E-state index in [9.17, 15) is 24.3 Å². The van der Waals surface area contributed by atoms with Crippen LogP contribution in [0.25, 0.3) is 23.5 Å². The Kier molecular flexibility index (Phi) is 10.4. The number of tetrazole rings is 1. The highest BCUT2D eigenvalue weighted by Crippen LogP contribution is 2.45. The van der Waals surface area contributed by atoms with Crippen LogP contribution in [-0.4, -0.2) is 83.9 Å². The molecule has 51 heavy (non-hydrogen) atoms. The molecule has 0 spiro atoms. The molecule has 1 saturated carbocycles. The van der Waals surface area contributed by atoms with E-state index in [4.69, 9.17) is 4.74 Å². The number of allylic oxidation sites excluding steroid dienone is 1. The number of fused-ring (bicyclic) bond motifs is 2. The van der Waals surface area contributed by atoms with Crippen LogP contribution < -0.4 is 10.6 Å². The number of aliphatic carboxylic acids is 1. The summed E-state index contributed by atoms with van der Waals surface area (Å²) in [4.78, 5) is 56.4. The summed E-state index contributed by atoms with van der Waals surface area (Å²) < 4.78 is 5.48. The summed E-state index contributed by atoms with van der Waals surface area (Å²) in [6.45, 7) is 5.28. The molecule has 3 aromatic rings. The third-order valence-electron chi connectivity index (χ3n) is 9.50. The summed E-state index contributed by atoms with van der Waals surface area (Å²) in [7, 11) is 0. The van der Waals surface area contributed by atoms with Crippen LogP contribution in [0, 0.1) is 5.92 Å². The van der Waals surface area contributed by atoms with Gasteiger partial charge in [-0.05, 0) is 68.9 Å². The average molecular weight is 696 g/mol. The van der Waals surface area contributed by atoms with Crippen LogP contribution in [0.2, 0.25) is 0 Å². The van der Waals surface area contributed by atoms with Crippen molar-refractivity contribution in [3.63, 3.8) is 0 Å². The van der Waals surface area contributed by atoms with E-state index < -0.39 is 53.1 Å².